The van der Waals surface area contributed by atoms with Gasteiger partial charge in [-0.3, -0.25) is 0 Å². The molecule has 0 fully saturated rings. The van der Waals surface area contributed by atoms with Gasteiger partial charge in [0.15, 0.2) is 0 Å². The van der Waals surface area contributed by atoms with Crippen LogP contribution in [0.3, 0.4) is 0 Å². The zero-order chi connectivity index (χ0) is 16.0. The second-order valence-electron chi connectivity index (χ2n) is 4.82. The standard InChI is InChI=1S/C15H17F3N4/c16-15(17,18)13-5-2-1-4-12(13)8-11-9-21-14(22-10-11)20-7-3-6-19/h1-2,4-5,9-10H,3,6-8,19H2,(H,20,21,22). The molecule has 0 aliphatic rings. The summed E-state index contributed by atoms with van der Waals surface area (Å²) in [7, 11) is 0. The van der Waals surface area contributed by atoms with E-state index in [1.54, 1.807) is 6.07 Å². The van der Waals surface area contributed by atoms with Crippen molar-refractivity contribution in [2.75, 3.05) is 18.4 Å². The minimum absolute atomic E-state index is 0.138. The molecule has 118 valence electrons. The van der Waals surface area contributed by atoms with Crippen LogP contribution in [-0.2, 0) is 12.6 Å². The Labute approximate surface area is 126 Å². The highest BCUT2D eigenvalue weighted by Crippen LogP contribution is 2.32. The van der Waals surface area contributed by atoms with Crippen molar-refractivity contribution in [3.05, 3.63) is 53.3 Å². The lowest BCUT2D eigenvalue weighted by molar-refractivity contribution is -0.138. The van der Waals surface area contributed by atoms with E-state index in [0.29, 0.717) is 24.6 Å². The van der Waals surface area contributed by atoms with Crippen LogP contribution in [0.25, 0.3) is 0 Å². The molecule has 0 saturated heterocycles. The van der Waals surface area contributed by atoms with E-state index in [1.807, 2.05) is 0 Å². The highest BCUT2D eigenvalue weighted by Gasteiger charge is 2.32. The van der Waals surface area contributed by atoms with Crippen LogP contribution in [-0.4, -0.2) is 23.1 Å². The fraction of sp³-hybridized carbons (Fsp3) is 0.333. The molecule has 0 aliphatic heterocycles. The highest BCUT2D eigenvalue weighted by molar-refractivity contribution is 5.34. The van der Waals surface area contributed by atoms with Gasteiger partial charge < -0.3 is 11.1 Å². The molecule has 1 heterocycles. The fourth-order valence-electron chi connectivity index (χ4n) is 2.01. The molecule has 0 unspecified atom stereocenters. The number of hydrogen-bond donors (Lipinski definition) is 2. The van der Waals surface area contributed by atoms with Gasteiger partial charge in [-0.05, 0) is 30.2 Å². The molecule has 3 N–H and O–H groups in total. The van der Waals surface area contributed by atoms with Crippen LogP contribution in [0.5, 0.6) is 0 Å². The van der Waals surface area contributed by atoms with E-state index in [2.05, 4.69) is 15.3 Å². The fourth-order valence-corrected chi connectivity index (χ4v) is 2.01. The second kappa shape index (κ2) is 7.22. The average Bonchev–Trinajstić information content (AvgIpc) is 2.49. The van der Waals surface area contributed by atoms with Gasteiger partial charge >= 0.3 is 6.18 Å². The number of anilines is 1. The van der Waals surface area contributed by atoms with Gasteiger partial charge in [-0.15, -0.1) is 0 Å². The third-order valence-corrected chi connectivity index (χ3v) is 3.09. The van der Waals surface area contributed by atoms with Crippen molar-refractivity contribution in [2.24, 2.45) is 5.73 Å². The largest absolute Gasteiger partial charge is 0.416 e. The van der Waals surface area contributed by atoms with Crippen molar-refractivity contribution >= 4 is 5.95 Å². The maximum Gasteiger partial charge on any atom is 0.416 e. The molecular formula is C15H17F3N4. The van der Waals surface area contributed by atoms with Crippen molar-refractivity contribution in [2.45, 2.75) is 19.0 Å². The molecule has 0 amide bonds. The summed E-state index contributed by atoms with van der Waals surface area (Å²) >= 11 is 0. The molecule has 0 saturated carbocycles. The van der Waals surface area contributed by atoms with Gasteiger partial charge in [-0.1, -0.05) is 18.2 Å². The van der Waals surface area contributed by atoms with Crippen LogP contribution in [0.1, 0.15) is 23.1 Å². The summed E-state index contributed by atoms with van der Waals surface area (Å²) in [5.41, 5.74) is 5.59. The summed E-state index contributed by atoms with van der Waals surface area (Å²) in [6.45, 7) is 1.23. The normalized spacial score (nSPS) is 11.5. The molecule has 0 radical (unpaired) electrons. The van der Waals surface area contributed by atoms with Gasteiger partial charge in [0.1, 0.15) is 0 Å². The Morgan fingerprint density at radius 3 is 2.41 bits per heavy atom. The van der Waals surface area contributed by atoms with Crippen molar-refractivity contribution < 1.29 is 13.2 Å². The van der Waals surface area contributed by atoms with Crippen LogP contribution in [0.4, 0.5) is 19.1 Å². The van der Waals surface area contributed by atoms with Crippen LogP contribution in [0, 0.1) is 0 Å². The zero-order valence-electron chi connectivity index (χ0n) is 11.9. The van der Waals surface area contributed by atoms with Crippen molar-refractivity contribution in [1.82, 2.24) is 9.97 Å². The first-order chi connectivity index (χ1) is 10.5. The molecule has 2 aromatic rings. The summed E-state index contributed by atoms with van der Waals surface area (Å²) < 4.78 is 38.8. The third-order valence-electron chi connectivity index (χ3n) is 3.09. The predicted octanol–water partition coefficient (Wildman–Crippen LogP) is 2.85. The lowest BCUT2D eigenvalue weighted by atomic mass is 10.0. The van der Waals surface area contributed by atoms with Crippen LogP contribution >= 0.6 is 0 Å². The van der Waals surface area contributed by atoms with E-state index in [9.17, 15) is 13.2 Å². The summed E-state index contributed by atoms with van der Waals surface area (Å²) in [6, 6.07) is 5.52. The lowest BCUT2D eigenvalue weighted by Gasteiger charge is -2.12. The van der Waals surface area contributed by atoms with E-state index >= 15 is 0 Å². The van der Waals surface area contributed by atoms with Gasteiger partial charge in [0.05, 0.1) is 5.56 Å². The summed E-state index contributed by atoms with van der Waals surface area (Å²) in [5.74, 6) is 0.446. The van der Waals surface area contributed by atoms with Gasteiger partial charge in [0, 0.05) is 25.4 Å². The number of nitrogens with one attached hydrogen (secondary N) is 1. The molecule has 4 nitrogen and oxygen atoms in total. The van der Waals surface area contributed by atoms with Crippen molar-refractivity contribution in [3.63, 3.8) is 0 Å². The van der Waals surface area contributed by atoms with Crippen LogP contribution < -0.4 is 11.1 Å². The van der Waals surface area contributed by atoms with Crippen LogP contribution in [0.2, 0.25) is 0 Å². The van der Waals surface area contributed by atoms with Gasteiger partial charge in [0.25, 0.3) is 0 Å². The van der Waals surface area contributed by atoms with E-state index in [0.717, 1.165) is 12.5 Å². The quantitative estimate of drug-likeness (QED) is 0.805. The summed E-state index contributed by atoms with van der Waals surface area (Å²) in [6.07, 6.45) is -0.361. The molecule has 7 heteroatoms. The van der Waals surface area contributed by atoms with E-state index in [4.69, 9.17) is 5.73 Å². The Hall–Kier alpha value is -2.15. The minimum Gasteiger partial charge on any atom is -0.354 e. The Morgan fingerprint density at radius 1 is 1.09 bits per heavy atom. The van der Waals surface area contributed by atoms with Crippen molar-refractivity contribution in [3.8, 4) is 0 Å². The number of hydrogen-bond acceptors (Lipinski definition) is 4. The van der Waals surface area contributed by atoms with E-state index < -0.39 is 11.7 Å². The second-order valence-corrected chi connectivity index (χ2v) is 4.82. The first-order valence-electron chi connectivity index (χ1n) is 6.90. The molecule has 0 atom stereocenters. The maximum atomic E-state index is 12.9. The van der Waals surface area contributed by atoms with Crippen LogP contribution in [0.15, 0.2) is 36.7 Å². The Morgan fingerprint density at radius 2 is 1.77 bits per heavy atom. The number of nitrogens with zero attached hydrogens (tertiary/aromatic N) is 2. The molecule has 0 bridgehead atoms. The van der Waals surface area contributed by atoms with E-state index in [-0.39, 0.29) is 12.0 Å². The number of benzene rings is 1. The molecule has 1 aromatic carbocycles. The molecular weight excluding hydrogens is 293 g/mol. The number of aromatic nitrogens is 2. The lowest BCUT2D eigenvalue weighted by Crippen LogP contribution is -2.11. The first kappa shape index (κ1) is 16.2. The minimum atomic E-state index is -4.36. The third kappa shape index (κ3) is 4.42. The SMILES string of the molecule is NCCCNc1ncc(Cc2ccccc2C(F)(F)F)cn1. The number of rotatable bonds is 6. The number of alkyl halides is 3. The van der Waals surface area contributed by atoms with Gasteiger partial charge in [0.2, 0.25) is 5.95 Å². The molecule has 1 aromatic heterocycles. The first-order valence-corrected chi connectivity index (χ1v) is 6.90. The van der Waals surface area contributed by atoms with Gasteiger partial charge in [-0.25, -0.2) is 9.97 Å². The monoisotopic (exact) mass is 310 g/mol. The maximum absolute atomic E-state index is 12.9. The molecule has 22 heavy (non-hydrogen) atoms. The summed E-state index contributed by atoms with van der Waals surface area (Å²) in [5, 5.41) is 2.99. The molecule has 0 spiro atoms. The molecule has 0 aliphatic carbocycles. The summed E-state index contributed by atoms with van der Waals surface area (Å²) in [4.78, 5) is 8.19. The Bertz CT molecular complexity index is 596. The zero-order valence-corrected chi connectivity index (χ0v) is 11.9. The smallest absolute Gasteiger partial charge is 0.354 e. The van der Waals surface area contributed by atoms with Crippen molar-refractivity contribution in [1.29, 1.82) is 0 Å². The average molecular weight is 310 g/mol. The number of halogens is 3. The Balaban J connectivity index is 2.08. The van der Waals surface area contributed by atoms with E-state index in [1.165, 1.54) is 24.5 Å². The highest BCUT2D eigenvalue weighted by atomic mass is 19.4. The Kier molecular flexibility index (Phi) is 5.32. The molecule has 2 rings (SSSR count). The predicted molar refractivity (Wildman–Crippen MR) is 78.4 cm³/mol. The topological polar surface area (TPSA) is 63.8 Å². The van der Waals surface area contributed by atoms with Gasteiger partial charge in [-0.2, -0.15) is 13.2 Å². The number of nitrogens with two attached hydrogens (primary N) is 1.